The van der Waals surface area contributed by atoms with Crippen LogP contribution in [-0.4, -0.2) is 0 Å². The molecule has 0 spiro atoms. The summed E-state index contributed by atoms with van der Waals surface area (Å²) in [6.07, 6.45) is 0. The molecule has 1 nitrogen and oxygen atoms in total. The van der Waals surface area contributed by atoms with Crippen LogP contribution in [0.5, 0.6) is 11.5 Å². The smallest absolute Gasteiger partial charge is 0.147 e. The first-order valence-corrected chi connectivity index (χ1v) is 7.57. The van der Waals surface area contributed by atoms with Crippen molar-refractivity contribution >= 4 is 50.7 Å². The quantitative estimate of drug-likeness (QED) is 0.431. The molecule has 2 rings (SSSR count). The van der Waals surface area contributed by atoms with Crippen LogP contribution in [0.25, 0.3) is 0 Å². The van der Waals surface area contributed by atoms with E-state index in [0.717, 1.165) is 21.3 Å². The summed E-state index contributed by atoms with van der Waals surface area (Å²) in [5.74, 6) is 1.67. The molecule has 0 saturated carbocycles. The van der Waals surface area contributed by atoms with Gasteiger partial charge < -0.3 is 4.74 Å². The Bertz CT molecular complexity index is 614. The Morgan fingerprint density at radius 1 is 1.05 bits per heavy atom. The van der Waals surface area contributed by atoms with Gasteiger partial charge in [-0.3, -0.25) is 0 Å². The molecule has 0 saturated heterocycles. The number of aryl methyl sites for hydroxylation is 1. The van der Waals surface area contributed by atoms with Gasteiger partial charge in [-0.25, -0.2) is 0 Å². The first-order chi connectivity index (χ1) is 9.01. The SMILES string of the molecule is Cc1ccc(CCl)cc1Oc1cc(Cl)c(Br)cc1Cl. The third-order valence-electron chi connectivity index (χ3n) is 2.60. The maximum Gasteiger partial charge on any atom is 0.147 e. The largest absolute Gasteiger partial charge is 0.455 e. The highest BCUT2D eigenvalue weighted by Crippen LogP contribution is 2.37. The van der Waals surface area contributed by atoms with E-state index in [1.54, 1.807) is 12.1 Å². The molecule has 0 aromatic heterocycles. The van der Waals surface area contributed by atoms with Crippen molar-refractivity contribution in [1.29, 1.82) is 0 Å². The predicted molar refractivity (Wildman–Crippen MR) is 85.0 cm³/mol. The summed E-state index contributed by atoms with van der Waals surface area (Å²) >= 11 is 21.3. The van der Waals surface area contributed by atoms with Crippen molar-refractivity contribution in [3.05, 3.63) is 56.0 Å². The van der Waals surface area contributed by atoms with Crippen LogP contribution in [0.3, 0.4) is 0 Å². The van der Waals surface area contributed by atoms with Crippen LogP contribution in [0.15, 0.2) is 34.8 Å². The third-order valence-corrected chi connectivity index (χ3v) is 4.40. The van der Waals surface area contributed by atoms with Gasteiger partial charge in [-0.05, 0) is 46.1 Å². The van der Waals surface area contributed by atoms with Gasteiger partial charge >= 0.3 is 0 Å². The monoisotopic (exact) mass is 378 g/mol. The molecule has 0 aliphatic carbocycles. The molecule has 5 heteroatoms. The van der Waals surface area contributed by atoms with Crippen LogP contribution in [0.2, 0.25) is 10.0 Å². The number of rotatable bonds is 3. The molecule has 0 atom stereocenters. The van der Waals surface area contributed by atoms with E-state index in [4.69, 9.17) is 39.5 Å². The van der Waals surface area contributed by atoms with E-state index in [-0.39, 0.29) is 0 Å². The fourth-order valence-corrected chi connectivity index (χ4v) is 2.54. The van der Waals surface area contributed by atoms with Crippen LogP contribution in [0.1, 0.15) is 11.1 Å². The lowest BCUT2D eigenvalue weighted by Gasteiger charge is -2.12. The number of alkyl halides is 1. The van der Waals surface area contributed by atoms with Crippen LogP contribution < -0.4 is 4.74 Å². The van der Waals surface area contributed by atoms with E-state index in [9.17, 15) is 0 Å². The summed E-state index contributed by atoms with van der Waals surface area (Å²) in [6, 6.07) is 9.21. The third kappa shape index (κ3) is 3.57. The minimum absolute atomic E-state index is 0.436. The normalized spacial score (nSPS) is 10.6. The molecule has 0 N–H and O–H groups in total. The molecule has 0 radical (unpaired) electrons. The Balaban J connectivity index is 2.38. The fourth-order valence-electron chi connectivity index (χ4n) is 1.54. The molecule has 0 unspecified atom stereocenters. The van der Waals surface area contributed by atoms with Gasteiger partial charge in [0.25, 0.3) is 0 Å². The number of benzene rings is 2. The molecule has 0 fully saturated rings. The topological polar surface area (TPSA) is 9.23 Å². The average Bonchev–Trinajstić information content (AvgIpc) is 2.38. The predicted octanol–water partition coefficient (Wildman–Crippen LogP) is 6.60. The molecule has 2 aromatic rings. The van der Waals surface area contributed by atoms with Gasteiger partial charge in [0.1, 0.15) is 11.5 Å². The number of hydrogen-bond donors (Lipinski definition) is 0. The molecule has 0 amide bonds. The van der Waals surface area contributed by atoms with Crippen LogP contribution in [0, 0.1) is 6.92 Å². The standard InChI is InChI=1S/C14H10BrCl3O/c1-8-2-3-9(7-16)4-13(8)19-14-6-11(17)10(15)5-12(14)18/h2-6H,7H2,1H3. The van der Waals surface area contributed by atoms with E-state index in [0.29, 0.717) is 21.7 Å². The van der Waals surface area contributed by atoms with Crippen molar-refractivity contribution in [1.82, 2.24) is 0 Å². The Morgan fingerprint density at radius 3 is 2.47 bits per heavy atom. The Kier molecular flexibility index (Phi) is 5.02. The van der Waals surface area contributed by atoms with Gasteiger partial charge in [0, 0.05) is 16.4 Å². The fraction of sp³-hybridized carbons (Fsp3) is 0.143. The van der Waals surface area contributed by atoms with Crippen molar-refractivity contribution in [2.45, 2.75) is 12.8 Å². The molecule has 0 bridgehead atoms. The van der Waals surface area contributed by atoms with E-state index >= 15 is 0 Å². The lowest BCUT2D eigenvalue weighted by atomic mass is 10.1. The number of halogens is 4. The molecule has 19 heavy (non-hydrogen) atoms. The number of ether oxygens (including phenoxy) is 1. The minimum atomic E-state index is 0.436. The molecule has 0 heterocycles. The average molecular weight is 380 g/mol. The van der Waals surface area contributed by atoms with Gasteiger partial charge in [-0.2, -0.15) is 0 Å². The summed E-state index contributed by atoms with van der Waals surface area (Å²) in [4.78, 5) is 0. The highest BCUT2D eigenvalue weighted by Gasteiger charge is 2.10. The van der Waals surface area contributed by atoms with Crippen molar-refractivity contribution in [3.63, 3.8) is 0 Å². The maximum absolute atomic E-state index is 6.14. The second kappa shape index (κ2) is 6.36. The van der Waals surface area contributed by atoms with E-state index in [1.807, 2.05) is 25.1 Å². The second-order valence-corrected chi connectivity index (χ2v) is 5.97. The zero-order valence-corrected chi connectivity index (χ0v) is 13.9. The van der Waals surface area contributed by atoms with Crippen molar-refractivity contribution < 1.29 is 4.74 Å². The zero-order valence-electron chi connectivity index (χ0n) is 10.0. The Labute approximate surface area is 135 Å². The summed E-state index contributed by atoms with van der Waals surface area (Å²) in [5.41, 5.74) is 1.99. The van der Waals surface area contributed by atoms with E-state index < -0.39 is 0 Å². The van der Waals surface area contributed by atoms with Gasteiger partial charge in [0.05, 0.1) is 10.0 Å². The summed E-state index contributed by atoms with van der Waals surface area (Å²) in [6.45, 7) is 1.96. The Hall–Kier alpha value is -0.410. The molecule has 0 aliphatic heterocycles. The highest BCUT2D eigenvalue weighted by molar-refractivity contribution is 9.10. The van der Waals surface area contributed by atoms with Crippen molar-refractivity contribution in [2.75, 3.05) is 0 Å². The maximum atomic E-state index is 6.14. The van der Waals surface area contributed by atoms with E-state index in [1.165, 1.54) is 0 Å². The van der Waals surface area contributed by atoms with Gasteiger partial charge in [-0.15, -0.1) is 11.6 Å². The van der Waals surface area contributed by atoms with Crippen molar-refractivity contribution in [2.24, 2.45) is 0 Å². The first kappa shape index (κ1) is 15.0. The molecule has 100 valence electrons. The zero-order chi connectivity index (χ0) is 14.0. The van der Waals surface area contributed by atoms with Gasteiger partial charge in [0.15, 0.2) is 0 Å². The lowest BCUT2D eigenvalue weighted by Crippen LogP contribution is -1.91. The minimum Gasteiger partial charge on any atom is -0.455 e. The summed E-state index contributed by atoms with van der Waals surface area (Å²) < 4.78 is 6.56. The molecular formula is C14H10BrCl3O. The Morgan fingerprint density at radius 2 is 1.79 bits per heavy atom. The second-order valence-electron chi connectivity index (χ2n) is 4.03. The lowest BCUT2D eigenvalue weighted by molar-refractivity contribution is 0.478. The van der Waals surface area contributed by atoms with Crippen LogP contribution in [-0.2, 0) is 5.88 Å². The van der Waals surface area contributed by atoms with E-state index in [2.05, 4.69) is 15.9 Å². The summed E-state index contributed by atoms with van der Waals surface area (Å²) in [5, 5.41) is 1.04. The van der Waals surface area contributed by atoms with Crippen LogP contribution >= 0.6 is 50.7 Å². The van der Waals surface area contributed by atoms with Gasteiger partial charge in [-0.1, -0.05) is 35.3 Å². The number of hydrogen-bond acceptors (Lipinski definition) is 1. The highest BCUT2D eigenvalue weighted by atomic mass is 79.9. The molecular weight excluding hydrogens is 370 g/mol. The van der Waals surface area contributed by atoms with Gasteiger partial charge in [0.2, 0.25) is 0 Å². The van der Waals surface area contributed by atoms with Crippen LogP contribution in [0.4, 0.5) is 0 Å². The molecule has 0 aliphatic rings. The summed E-state index contributed by atoms with van der Waals surface area (Å²) in [7, 11) is 0. The molecule has 2 aromatic carbocycles. The van der Waals surface area contributed by atoms with Crippen molar-refractivity contribution in [3.8, 4) is 11.5 Å². The first-order valence-electron chi connectivity index (χ1n) is 5.49.